The van der Waals surface area contributed by atoms with Crippen molar-refractivity contribution in [2.45, 2.75) is 37.9 Å². The Kier molecular flexibility index (Phi) is 6.18. The van der Waals surface area contributed by atoms with E-state index in [9.17, 15) is 4.79 Å². The smallest absolute Gasteiger partial charge is 0.254 e. The predicted molar refractivity (Wildman–Crippen MR) is 114 cm³/mol. The molecule has 2 aliphatic heterocycles. The van der Waals surface area contributed by atoms with Gasteiger partial charge in [-0.1, -0.05) is 29.8 Å². The van der Waals surface area contributed by atoms with Gasteiger partial charge < -0.3 is 14.5 Å². The number of morpholine rings is 1. The molecule has 0 radical (unpaired) electrons. The molecule has 1 aromatic heterocycles. The fourth-order valence-corrected chi connectivity index (χ4v) is 4.68. The van der Waals surface area contributed by atoms with Gasteiger partial charge in [-0.3, -0.25) is 9.78 Å². The van der Waals surface area contributed by atoms with Gasteiger partial charge in [-0.2, -0.15) is 0 Å². The van der Waals surface area contributed by atoms with Crippen molar-refractivity contribution in [2.24, 2.45) is 0 Å². The van der Waals surface area contributed by atoms with Crippen molar-refractivity contribution in [3.05, 3.63) is 64.9 Å². The molecular weight excluding hydrogens is 386 g/mol. The first-order valence-electron chi connectivity index (χ1n) is 10.4. The van der Waals surface area contributed by atoms with Crippen LogP contribution in [0.15, 0.2) is 48.8 Å². The van der Waals surface area contributed by atoms with Crippen LogP contribution in [0.2, 0.25) is 5.02 Å². The van der Waals surface area contributed by atoms with Crippen LogP contribution in [0.4, 0.5) is 0 Å². The summed E-state index contributed by atoms with van der Waals surface area (Å²) in [4.78, 5) is 21.6. The zero-order valence-electron chi connectivity index (χ0n) is 16.9. The van der Waals surface area contributed by atoms with E-state index in [1.807, 2.05) is 47.5 Å². The van der Waals surface area contributed by atoms with Crippen LogP contribution in [-0.2, 0) is 11.2 Å². The maximum Gasteiger partial charge on any atom is 0.254 e. The van der Waals surface area contributed by atoms with Crippen molar-refractivity contribution in [1.82, 2.24) is 14.8 Å². The summed E-state index contributed by atoms with van der Waals surface area (Å²) in [6.07, 6.45) is 6.44. The number of carbonyl (C=O) groups is 1. The van der Waals surface area contributed by atoms with Gasteiger partial charge in [0.1, 0.15) is 0 Å². The third-order valence-electron chi connectivity index (χ3n) is 5.96. The number of likely N-dealkylation sites (tertiary alicyclic amines) is 1. The number of carbonyl (C=O) groups excluding carboxylic acids is 1. The highest BCUT2D eigenvalue weighted by Gasteiger charge is 2.43. The molecule has 0 N–H and O–H groups in total. The third-order valence-corrected chi connectivity index (χ3v) is 6.17. The molecular formula is C23H28ClN3O2. The Morgan fingerprint density at radius 2 is 2.00 bits per heavy atom. The van der Waals surface area contributed by atoms with Crippen molar-refractivity contribution in [3.8, 4) is 0 Å². The molecule has 2 fully saturated rings. The lowest BCUT2D eigenvalue weighted by molar-refractivity contribution is -0.161. The Morgan fingerprint density at radius 1 is 1.24 bits per heavy atom. The van der Waals surface area contributed by atoms with Crippen LogP contribution < -0.4 is 0 Å². The minimum Gasteiger partial charge on any atom is -0.368 e. The van der Waals surface area contributed by atoms with E-state index in [4.69, 9.17) is 16.3 Å². The van der Waals surface area contributed by atoms with Crippen molar-refractivity contribution in [1.29, 1.82) is 0 Å². The van der Waals surface area contributed by atoms with Crippen LogP contribution in [0, 0.1) is 0 Å². The second kappa shape index (κ2) is 8.82. The second-order valence-corrected chi connectivity index (χ2v) is 8.70. The molecule has 1 aromatic carbocycles. The highest BCUT2D eigenvalue weighted by atomic mass is 35.5. The van der Waals surface area contributed by atoms with Gasteiger partial charge in [-0.25, -0.2) is 0 Å². The number of nitrogens with zero attached hydrogens (tertiary/aromatic N) is 3. The predicted octanol–water partition coefficient (Wildman–Crippen LogP) is 3.67. The van der Waals surface area contributed by atoms with E-state index < -0.39 is 0 Å². The molecule has 4 rings (SSSR count). The number of aromatic nitrogens is 1. The Morgan fingerprint density at radius 3 is 2.72 bits per heavy atom. The standard InChI is InChI=1S/C23H28ClN3O2/c1-18-16-27(22(28)20-5-3-2-4-6-20)17-23(29-18)8-11-26(12-9-23)10-7-19-13-21(24)15-25-14-19/h2-6,13-15,18H,7-12,16-17H2,1H3. The maximum absolute atomic E-state index is 13.0. The van der Waals surface area contributed by atoms with Crippen LogP contribution in [0.3, 0.4) is 0 Å². The lowest BCUT2D eigenvalue weighted by atomic mass is 9.88. The third kappa shape index (κ3) is 4.97. The molecule has 5 nitrogen and oxygen atoms in total. The van der Waals surface area contributed by atoms with Gasteiger partial charge in [0.2, 0.25) is 0 Å². The quantitative estimate of drug-likeness (QED) is 0.767. The molecule has 2 aliphatic rings. The fraction of sp³-hybridized carbons (Fsp3) is 0.478. The Labute approximate surface area is 177 Å². The van der Waals surface area contributed by atoms with Crippen molar-refractivity contribution in [2.75, 3.05) is 32.7 Å². The van der Waals surface area contributed by atoms with E-state index in [0.717, 1.165) is 44.5 Å². The number of benzene rings is 1. The van der Waals surface area contributed by atoms with Gasteiger partial charge in [0.05, 0.1) is 23.3 Å². The summed E-state index contributed by atoms with van der Waals surface area (Å²) in [5.74, 6) is 0.107. The van der Waals surface area contributed by atoms with Crippen molar-refractivity contribution < 1.29 is 9.53 Å². The molecule has 6 heteroatoms. The summed E-state index contributed by atoms with van der Waals surface area (Å²) in [7, 11) is 0. The SMILES string of the molecule is CC1CN(C(=O)c2ccccc2)CC2(CCN(CCc3cncc(Cl)c3)CC2)O1. The first-order valence-corrected chi connectivity index (χ1v) is 10.7. The van der Waals surface area contributed by atoms with Gasteiger partial charge in [0.15, 0.2) is 0 Å². The van der Waals surface area contributed by atoms with E-state index in [2.05, 4.69) is 16.8 Å². The number of amides is 1. The number of rotatable bonds is 4. The average Bonchev–Trinajstić information content (AvgIpc) is 2.73. The maximum atomic E-state index is 13.0. The summed E-state index contributed by atoms with van der Waals surface area (Å²) in [5, 5.41) is 0.688. The van der Waals surface area contributed by atoms with Crippen LogP contribution in [0.25, 0.3) is 0 Å². The van der Waals surface area contributed by atoms with Gasteiger partial charge in [0.25, 0.3) is 5.91 Å². The van der Waals surface area contributed by atoms with E-state index in [-0.39, 0.29) is 17.6 Å². The second-order valence-electron chi connectivity index (χ2n) is 8.27. The van der Waals surface area contributed by atoms with Crippen molar-refractivity contribution in [3.63, 3.8) is 0 Å². The molecule has 1 unspecified atom stereocenters. The van der Waals surface area contributed by atoms with Gasteiger partial charge in [-0.15, -0.1) is 0 Å². The highest BCUT2D eigenvalue weighted by molar-refractivity contribution is 6.30. The Bertz CT molecular complexity index is 837. The first kappa shape index (κ1) is 20.3. The highest BCUT2D eigenvalue weighted by Crippen LogP contribution is 2.33. The van der Waals surface area contributed by atoms with Crippen LogP contribution in [0.5, 0.6) is 0 Å². The molecule has 3 heterocycles. The number of pyridine rings is 1. The largest absolute Gasteiger partial charge is 0.368 e. The Hall–Kier alpha value is -1.95. The summed E-state index contributed by atoms with van der Waals surface area (Å²) in [6, 6.07) is 11.5. The van der Waals surface area contributed by atoms with Crippen LogP contribution >= 0.6 is 11.6 Å². The van der Waals surface area contributed by atoms with Crippen molar-refractivity contribution >= 4 is 17.5 Å². The lowest BCUT2D eigenvalue weighted by Crippen LogP contribution is -2.60. The van der Waals surface area contributed by atoms with Crippen LogP contribution in [0.1, 0.15) is 35.7 Å². The molecule has 29 heavy (non-hydrogen) atoms. The molecule has 0 aliphatic carbocycles. The normalized spacial score (nSPS) is 22.0. The topological polar surface area (TPSA) is 45.7 Å². The molecule has 1 spiro atoms. The number of ether oxygens (including phenoxy) is 1. The zero-order valence-corrected chi connectivity index (χ0v) is 17.6. The van der Waals surface area contributed by atoms with E-state index >= 15 is 0 Å². The summed E-state index contributed by atoms with van der Waals surface area (Å²) in [6.45, 7) is 6.35. The minimum atomic E-state index is -0.226. The van der Waals surface area contributed by atoms with E-state index in [1.54, 1.807) is 6.20 Å². The zero-order chi connectivity index (χ0) is 20.3. The molecule has 2 saturated heterocycles. The molecule has 0 bridgehead atoms. The van der Waals surface area contributed by atoms with E-state index in [1.165, 1.54) is 5.56 Å². The van der Waals surface area contributed by atoms with Crippen LogP contribution in [-0.4, -0.2) is 65.1 Å². The molecule has 1 atom stereocenters. The number of hydrogen-bond donors (Lipinski definition) is 0. The molecule has 0 saturated carbocycles. The van der Waals surface area contributed by atoms with Gasteiger partial charge >= 0.3 is 0 Å². The van der Waals surface area contributed by atoms with E-state index in [0.29, 0.717) is 18.1 Å². The molecule has 154 valence electrons. The molecule has 2 aromatic rings. The summed E-state index contributed by atoms with van der Waals surface area (Å²) < 4.78 is 6.41. The first-order chi connectivity index (χ1) is 14.0. The number of piperidine rings is 1. The Balaban J connectivity index is 1.34. The fourth-order valence-electron chi connectivity index (χ4n) is 4.48. The van der Waals surface area contributed by atoms with Gasteiger partial charge in [-0.05, 0) is 49.9 Å². The number of halogens is 1. The molecule has 1 amide bonds. The summed E-state index contributed by atoms with van der Waals surface area (Å²) >= 11 is 6.04. The van der Waals surface area contributed by atoms with Gasteiger partial charge in [0, 0.05) is 44.1 Å². The lowest BCUT2D eigenvalue weighted by Gasteiger charge is -2.49. The average molecular weight is 414 g/mol. The minimum absolute atomic E-state index is 0.0560. The number of hydrogen-bond acceptors (Lipinski definition) is 4. The summed E-state index contributed by atoms with van der Waals surface area (Å²) in [5.41, 5.74) is 1.69. The monoisotopic (exact) mass is 413 g/mol.